The van der Waals surface area contributed by atoms with E-state index in [4.69, 9.17) is 16.0 Å². The Balaban J connectivity index is 2.04. The van der Waals surface area contributed by atoms with Crippen molar-refractivity contribution in [3.63, 3.8) is 0 Å². The first-order valence-electron chi connectivity index (χ1n) is 5.45. The number of rotatable bonds is 4. The van der Waals surface area contributed by atoms with Gasteiger partial charge in [0.25, 0.3) is 0 Å². The van der Waals surface area contributed by atoms with E-state index in [1.807, 2.05) is 19.1 Å². The van der Waals surface area contributed by atoms with Gasteiger partial charge in [-0.15, -0.1) is 0 Å². The van der Waals surface area contributed by atoms with Crippen LogP contribution in [0.3, 0.4) is 0 Å². The molecule has 1 aromatic heterocycles. The van der Waals surface area contributed by atoms with E-state index in [9.17, 15) is 4.39 Å². The Morgan fingerprint density at radius 2 is 2.00 bits per heavy atom. The lowest BCUT2D eigenvalue weighted by Crippen LogP contribution is -1.99. The number of anilines is 1. The van der Waals surface area contributed by atoms with Crippen LogP contribution in [-0.2, 0) is 13.0 Å². The van der Waals surface area contributed by atoms with Crippen molar-refractivity contribution in [2.24, 2.45) is 0 Å². The average Bonchev–Trinajstić information content (AvgIpc) is 2.78. The summed E-state index contributed by atoms with van der Waals surface area (Å²) in [5.74, 6) is 1.43. The minimum Gasteiger partial charge on any atom is -0.464 e. The molecule has 0 aliphatic heterocycles. The molecular weight excluding hydrogens is 241 g/mol. The quantitative estimate of drug-likeness (QED) is 0.881. The van der Waals surface area contributed by atoms with E-state index in [-0.39, 0.29) is 5.82 Å². The van der Waals surface area contributed by atoms with Gasteiger partial charge in [-0.05, 0) is 30.3 Å². The second-order valence-corrected chi connectivity index (χ2v) is 4.11. The van der Waals surface area contributed by atoms with Crippen LogP contribution >= 0.6 is 11.6 Å². The lowest BCUT2D eigenvalue weighted by molar-refractivity contribution is 0.476. The topological polar surface area (TPSA) is 25.2 Å². The highest BCUT2D eigenvalue weighted by Gasteiger charge is 2.04. The number of hydrogen-bond acceptors (Lipinski definition) is 2. The molecule has 0 saturated heterocycles. The molecule has 2 nitrogen and oxygen atoms in total. The molecule has 0 aliphatic carbocycles. The molecule has 0 fully saturated rings. The molecule has 2 aromatic rings. The van der Waals surface area contributed by atoms with Gasteiger partial charge >= 0.3 is 0 Å². The second-order valence-electron chi connectivity index (χ2n) is 3.70. The largest absolute Gasteiger partial charge is 0.464 e. The first kappa shape index (κ1) is 12.0. The van der Waals surface area contributed by atoms with Crippen molar-refractivity contribution in [3.05, 3.63) is 52.7 Å². The van der Waals surface area contributed by atoms with Gasteiger partial charge in [0.1, 0.15) is 17.3 Å². The summed E-state index contributed by atoms with van der Waals surface area (Å²) in [7, 11) is 0. The summed E-state index contributed by atoms with van der Waals surface area (Å²) in [5.41, 5.74) is 0.570. The molecule has 17 heavy (non-hydrogen) atoms. The van der Waals surface area contributed by atoms with Crippen LogP contribution in [0.15, 0.2) is 34.7 Å². The maximum absolute atomic E-state index is 13.0. The number of benzene rings is 1. The van der Waals surface area contributed by atoms with Crippen molar-refractivity contribution in [3.8, 4) is 0 Å². The number of halogens is 2. The number of hydrogen-bond donors (Lipinski definition) is 1. The Kier molecular flexibility index (Phi) is 3.69. The van der Waals surface area contributed by atoms with Crippen molar-refractivity contribution in [1.29, 1.82) is 0 Å². The summed E-state index contributed by atoms with van der Waals surface area (Å²) >= 11 is 5.94. The molecule has 0 saturated carbocycles. The summed E-state index contributed by atoms with van der Waals surface area (Å²) < 4.78 is 18.5. The van der Waals surface area contributed by atoms with Crippen molar-refractivity contribution in [1.82, 2.24) is 0 Å². The standard InChI is InChI=1S/C13H13ClFNO/c1-2-10-4-5-11(17-10)8-16-13-7-9(15)3-6-12(13)14/h3-7,16H,2,8H2,1H3. The zero-order chi connectivity index (χ0) is 12.3. The van der Waals surface area contributed by atoms with E-state index in [0.717, 1.165) is 17.9 Å². The molecule has 0 atom stereocenters. The fraction of sp³-hybridized carbons (Fsp3) is 0.231. The summed E-state index contributed by atoms with van der Waals surface area (Å²) in [5, 5.41) is 3.54. The van der Waals surface area contributed by atoms with Crippen LogP contribution < -0.4 is 5.32 Å². The van der Waals surface area contributed by atoms with Gasteiger partial charge in [0.05, 0.1) is 17.3 Å². The average molecular weight is 254 g/mol. The van der Waals surface area contributed by atoms with Crippen LogP contribution in [0.1, 0.15) is 18.4 Å². The molecule has 0 aliphatic rings. The summed E-state index contributed by atoms with van der Waals surface area (Å²) in [6.45, 7) is 2.52. The van der Waals surface area contributed by atoms with Gasteiger partial charge in [0.2, 0.25) is 0 Å². The van der Waals surface area contributed by atoms with Crippen LogP contribution in [0.25, 0.3) is 0 Å². The van der Waals surface area contributed by atoms with Crippen LogP contribution in [0.2, 0.25) is 5.02 Å². The fourth-order valence-corrected chi connectivity index (χ4v) is 1.71. The fourth-order valence-electron chi connectivity index (χ4n) is 1.52. The van der Waals surface area contributed by atoms with Crippen molar-refractivity contribution in [2.45, 2.75) is 19.9 Å². The number of nitrogens with one attached hydrogen (secondary N) is 1. The summed E-state index contributed by atoms with van der Waals surface area (Å²) in [6, 6.07) is 8.06. The first-order chi connectivity index (χ1) is 8.19. The lowest BCUT2D eigenvalue weighted by atomic mass is 10.3. The van der Waals surface area contributed by atoms with E-state index in [0.29, 0.717) is 17.3 Å². The molecule has 0 bridgehead atoms. The molecule has 2 rings (SSSR count). The van der Waals surface area contributed by atoms with Crippen molar-refractivity contribution < 1.29 is 8.81 Å². The summed E-state index contributed by atoms with van der Waals surface area (Å²) in [6.07, 6.45) is 0.862. The molecule has 0 radical (unpaired) electrons. The summed E-state index contributed by atoms with van der Waals surface area (Å²) in [4.78, 5) is 0. The minimum atomic E-state index is -0.314. The first-order valence-corrected chi connectivity index (χ1v) is 5.83. The number of aryl methyl sites for hydroxylation is 1. The molecule has 1 heterocycles. The zero-order valence-corrected chi connectivity index (χ0v) is 10.2. The van der Waals surface area contributed by atoms with Gasteiger partial charge in [-0.2, -0.15) is 0 Å². The molecule has 1 aromatic carbocycles. The van der Waals surface area contributed by atoms with Crippen LogP contribution in [0.5, 0.6) is 0 Å². The van der Waals surface area contributed by atoms with Crippen molar-refractivity contribution in [2.75, 3.05) is 5.32 Å². The predicted molar refractivity (Wildman–Crippen MR) is 66.8 cm³/mol. The molecule has 0 unspecified atom stereocenters. The van der Waals surface area contributed by atoms with Gasteiger partial charge < -0.3 is 9.73 Å². The third-order valence-electron chi connectivity index (χ3n) is 2.45. The smallest absolute Gasteiger partial charge is 0.125 e. The lowest BCUT2D eigenvalue weighted by Gasteiger charge is -2.06. The third kappa shape index (κ3) is 3.01. The molecule has 1 N–H and O–H groups in total. The molecule has 4 heteroatoms. The number of furan rings is 1. The van der Waals surface area contributed by atoms with Gasteiger partial charge in [-0.3, -0.25) is 0 Å². The van der Waals surface area contributed by atoms with E-state index in [1.165, 1.54) is 18.2 Å². The molecule has 90 valence electrons. The zero-order valence-electron chi connectivity index (χ0n) is 9.47. The third-order valence-corrected chi connectivity index (χ3v) is 2.78. The predicted octanol–water partition coefficient (Wildman–Crippen LogP) is 4.25. The highest BCUT2D eigenvalue weighted by Crippen LogP contribution is 2.23. The van der Waals surface area contributed by atoms with Crippen LogP contribution in [0.4, 0.5) is 10.1 Å². The Bertz CT molecular complexity index is 510. The van der Waals surface area contributed by atoms with Gasteiger partial charge in [-0.1, -0.05) is 18.5 Å². The monoisotopic (exact) mass is 253 g/mol. The maximum atomic E-state index is 13.0. The maximum Gasteiger partial charge on any atom is 0.125 e. The molecule has 0 amide bonds. The minimum absolute atomic E-state index is 0.314. The van der Waals surface area contributed by atoms with Crippen molar-refractivity contribution >= 4 is 17.3 Å². The second kappa shape index (κ2) is 5.23. The highest BCUT2D eigenvalue weighted by molar-refractivity contribution is 6.33. The van der Waals surface area contributed by atoms with Gasteiger partial charge in [-0.25, -0.2) is 4.39 Å². The Morgan fingerprint density at radius 3 is 2.71 bits per heavy atom. The van der Waals surface area contributed by atoms with E-state index < -0.39 is 0 Å². The highest BCUT2D eigenvalue weighted by atomic mass is 35.5. The van der Waals surface area contributed by atoms with E-state index >= 15 is 0 Å². The van der Waals surface area contributed by atoms with Gasteiger partial charge in [0.15, 0.2) is 0 Å². The van der Waals surface area contributed by atoms with Gasteiger partial charge in [0, 0.05) is 6.42 Å². The van der Waals surface area contributed by atoms with Crippen LogP contribution in [-0.4, -0.2) is 0 Å². The Hall–Kier alpha value is -1.48. The van der Waals surface area contributed by atoms with E-state index in [2.05, 4.69) is 5.32 Å². The molecular formula is C13H13ClFNO. The SMILES string of the molecule is CCc1ccc(CNc2cc(F)ccc2Cl)o1. The normalized spacial score (nSPS) is 10.5. The Morgan fingerprint density at radius 1 is 1.24 bits per heavy atom. The Labute approximate surface area is 104 Å². The van der Waals surface area contributed by atoms with E-state index in [1.54, 1.807) is 0 Å². The van der Waals surface area contributed by atoms with Crippen LogP contribution in [0, 0.1) is 5.82 Å². The molecule has 0 spiro atoms.